The van der Waals surface area contributed by atoms with Crippen molar-refractivity contribution in [1.82, 2.24) is 14.9 Å². The van der Waals surface area contributed by atoms with Gasteiger partial charge < -0.3 is 19.0 Å². The number of ether oxygens (including phenoxy) is 1. The van der Waals surface area contributed by atoms with E-state index in [0.717, 1.165) is 35.1 Å². The molecule has 1 aliphatic carbocycles. The summed E-state index contributed by atoms with van der Waals surface area (Å²) < 4.78 is 12.9. The smallest absolute Gasteiger partial charge is 0.287 e. The molecule has 1 aromatic carbocycles. The van der Waals surface area contributed by atoms with Gasteiger partial charge in [0.05, 0.1) is 18.9 Å². The van der Waals surface area contributed by atoms with Gasteiger partial charge in [-0.2, -0.15) is 0 Å². The maximum absolute atomic E-state index is 12.7. The highest BCUT2D eigenvalue weighted by Gasteiger charge is 2.34. The summed E-state index contributed by atoms with van der Waals surface area (Å²) in [5, 5.41) is 4.06. The molecule has 1 amide bonds. The van der Waals surface area contributed by atoms with Crippen LogP contribution in [-0.4, -0.2) is 22.6 Å². The van der Waals surface area contributed by atoms with Crippen LogP contribution in [0.1, 0.15) is 40.8 Å². The lowest BCUT2D eigenvalue weighted by atomic mass is 10.0. The zero-order valence-electron chi connectivity index (χ0n) is 15.9. The molecule has 1 unspecified atom stereocenters. The molecule has 1 fully saturated rings. The van der Waals surface area contributed by atoms with Crippen LogP contribution in [0.25, 0.3) is 0 Å². The van der Waals surface area contributed by atoms with Crippen LogP contribution in [0.4, 0.5) is 0 Å². The number of aryl methyl sites for hydroxylation is 1. The van der Waals surface area contributed by atoms with Gasteiger partial charge in [-0.05, 0) is 48.6 Å². The van der Waals surface area contributed by atoms with Gasteiger partial charge in [0.2, 0.25) is 0 Å². The van der Waals surface area contributed by atoms with Gasteiger partial charge in [-0.25, -0.2) is 4.98 Å². The molecule has 4 rings (SSSR count). The predicted octanol–water partition coefficient (Wildman–Crippen LogP) is 4.20. The van der Waals surface area contributed by atoms with Crippen LogP contribution in [0.2, 0.25) is 0 Å². The van der Waals surface area contributed by atoms with Crippen LogP contribution in [0.15, 0.2) is 58.4 Å². The molecule has 3 aromatic rings. The fourth-order valence-electron chi connectivity index (χ4n) is 3.13. The first-order valence-corrected chi connectivity index (χ1v) is 10.3. The second-order valence-electron chi connectivity index (χ2n) is 6.94. The Labute approximate surface area is 168 Å². The van der Waals surface area contributed by atoms with Crippen LogP contribution in [-0.2, 0) is 12.8 Å². The molecule has 0 saturated heterocycles. The number of hydrogen-bond acceptors (Lipinski definition) is 5. The van der Waals surface area contributed by atoms with E-state index in [1.165, 1.54) is 0 Å². The number of furan rings is 1. The number of imidazole rings is 1. The number of benzene rings is 1. The minimum absolute atomic E-state index is 0.00565. The number of hydrogen-bond donors (Lipinski definition) is 1. The number of rotatable bonds is 8. The average Bonchev–Trinajstić information content (AvgIpc) is 3.30. The van der Waals surface area contributed by atoms with Crippen LogP contribution in [0.5, 0.6) is 5.75 Å². The second-order valence-corrected chi connectivity index (χ2v) is 7.88. The highest BCUT2D eigenvalue weighted by molar-refractivity contribution is 7.98. The molecule has 146 valence electrons. The monoisotopic (exact) mass is 397 g/mol. The largest absolute Gasteiger partial charge is 0.497 e. The Morgan fingerprint density at radius 2 is 2.11 bits per heavy atom. The van der Waals surface area contributed by atoms with E-state index >= 15 is 0 Å². The van der Waals surface area contributed by atoms with E-state index < -0.39 is 0 Å². The summed E-state index contributed by atoms with van der Waals surface area (Å²) in [5.41, 5.74) is 1.09. The summed E-state index contributed by atoms with van der Waals surface area (Å²) in [6, 6.07) is 11.5. The number of nitrogens with one attached hydrogen (secondary N) is 1. The van der Waals surface area contributed by atoms with Crippen molar-refractivity contribution >= 4 is 17.7 Å². The fourth-order valence-corrected chi connectivity index (χ4v) is 3.96. The first-order valence-electron chi connectivity index (χ1n) is 9.27. The lowest BCUT2D eigenvalue weighted by molar-refractivity contribution is 0.0902. The number of thioether (sulfide) groups is 1. The van der Waals surface area contributed by atoms with Gasteiger partial charge >= 0.3 is 0 Å². The van der Waals surface area contributed by atoms with E-state index in [0.29, 0.717) is 17.4 Å². The van der Waals surface area contributed by atoms with Crippen molar-refractivity contribution in [2.24, 2.45) is 13.0 Å². The van der Waals surface area contributed by atoms with Crippen molar-refractivity contribution in [3.8, 4) is 5.75 Å². The van der Waals surface area contributed by atoms with E-state index in [2.05, 4.69) is 10.3 Å². The van der Waals surface area contributed by atoms with Crippen LogP contribution >= 0.6 is 11.8 Å². The molecule has 2 heterocycles. The molecule has 0 bridgehead atoms. The third kappa shape index (κ3) is 4.25. The summed E-state index contributed by atoms with van der Waals surface area (Å²) >= 11 is 1.58. The Morgan fingerprint density at radius 3 is 2.75 bits per heavy atom. The summed E-state index contributed by atoms with van der Waals surface area (Å²) in [4.78, 5) is 17.0. The van der Waals surface area contributed by atoms with Crippen LogP contribution in [0.3, 0.4) is 0 Å². The van der Waals surface area contributed by atoms with Crippen LogP contribution in [0, 0.1) is 5.92 Å². The number of carbonyl (C=O) groups is 1. The molecular formula is C21H23N3O3S. The highest BCUT2D eigenvalue weighted by atomic mass is 32.2. The normalized spacial score (nSPS) is 14.6. The van der Waals surface area contributed by atoms with E-state index in [1.54, 1.807) is 31.1 Å². The molecular weight excluding hydrogens is 374 g/mol. The Morgan fingerprint density at radius 1 is 1.32 bits per heavy atom. The van der Waals surface area contributed by atoms with E-state index in [-0.39, 0.29) is 11.9 Å². The molecule has 0 radical (unpaired) electrons. The molecule has 28 heavy (non-hydrogen) atoms. The van der Waals surface area contributed by atoms with Gasteiger partial charge in [0.15, 0.2) is 10.9 Å². The quantitative estimate of drug-likeness (QED) is 0.577. The number of amides is 1. The van der Waals surface area contributed by atoms with Gasteiger partial charge in [0.25, 0.3) is 5.91 Å². The molecule has 2 aromatic heterocycles. The Bertz CT molecular complexity index is 944. The molecule has 1 N–H and O–H groups in total. The summed E-state index contributed by atoms with van der Waals surface area (Å²) in [6.45, 7) is 0. The zero-order chi connectivity index (χ0) is 19.5. The maximum atomic E-state index is 12.7. The van der Waals surface area contributed by atoms with Gasteiger partial charge in [-0.1, -0.05) is 23.9 Å². The van der Waals surface area contributed by atoms with Gasteiger partial charge in [-0.15, -0.1) is 0 Å². The van der Waals surface area contributed by atoms with Crippen molar-refractivity contribution < 1.29 is 13.9 Å². The summed E-state index contributed by atoms with van der Waals surface area (Å²) in [6.07, 6.45) is 5.92. The lowest BCUT2D eigenvalue weighted by Crippen LogP contribution is -2.29. The van der Waals surface area contributed by atoms with Crippen molar-refractivity contribution in [2.45, 2.75) is 29.8 Å². The highest BCUT2D eigenvalue weighted by Crippen LogP contribution is 2.41. The molecule has 0 aliphatic heterocycles. The molecule has 1 aliphatic rings. The molecule has 1 saturated carbocycles. The van der Waals surface area contributed by atoms with E-state index in [9.17, 15) is 4.79 Å². The number of carbonyl (C=O) groups excluding carboxylic acids is 1. The first-order chi connectivity index (χ1) is 13.6. The average molecular weight is 398 g/mol. The number of methoxy groups -OCH3 is 1. The van der Waals surface area contributed by atoms with Crippen molar-refractivity contribution in [3.05, 3.63) is 65.9 Å². The van der Waals surface area contributed by atoms with Crippen LogP contribution < -0.4 is 10.1 Å². The van der Waals surface area contributed by atoms with Gasteiger partial charge in [0, 0.05) is 19.4 Å². The first kappa shape index (κ1) is 18.7. The Kier molecular flexibility index (Phi) is 5.43. The van der Waals surface area contributed by atoms with Gasteiger partial charge in [-0.3, -0.25) is 4.79 Å². The Balaban J connectivity index is 1.40. The predicted molar refractivity (Wildman–Crippen MR) is 107 cm³/mol. The molecule has 7 heteroatoms. The second kappa shape index (κ2) is 8.14. The number of aromatic nitrogens is 2. The molecule has 0 spiro atoms. The van der Waals surface area contributed by atoms with E-state index in [1.807, 2.05) is 48.1 Å². The van der Waals surface area contributed by atoms with Crippen molar-refractivity contribution in [2.75, 3.05) is 7.11 Å². The summed E-state index contributed by atoms with van der Waals surface area (Å²) in [5.74, 6) is 2.83. The third-order valence-corrected chi connectivity index (χ3v) is 5.94. The standard InChI is InChI=1S/C21H23N3O3S/c1-24-12-11-22-21(24)28-13-17-9-10-18(27-17)20(25)23-19(14-3-4-14)15-5-7-16(26-2)8-6-15/h5-12,14,19H,3-4,13H2,1-2H3,(H,23,25). The maximum Gasteiger partial charge on any atom is 0.287 e. The fraction of sp³-hybridized carbons (Fsp3) is 0.333. The minimum atomic E-state index is -0.180. The van der Waals surface area contributed by atoms with Gasteiger partial charge in [0.1, 0.15) is 11.5 Å². The molecule has 1 atom stereocenters. The SMILES string of the molecule is COc1ccc(C(NC(=O)c2ccc(CSc3nccn3C)o2)C2CC2)cc1. The zero-order valence-corrected chi connectivity index (χ0v) is 16.7. The Hall–Kier alpha value is -2.67. The summed E-state index contributed by atoms with van der Waals surface area (Å²) in [7, 11) is 3.60. The lowest BCUT2D eigenvalue weighted by Gasteiger charge is -2.18. The molecule has 6 nitrogen and oxygen atoms in total. The number of nitrogens with zero attached hydrogens (tertiary/aromatic N) is 2. The third-order valence-electron chi connectivity index (χ3n) is 4.86. The topological polar surface area (TPSA) is 69.3 Å². The van der Waals surface area contributed by atoms with Crippen molar-refractivity contribution in [3.63, 3.8) is 0 Å². The minimum Gasteiger partial charge on any atom is -0.497 e. The van der Waals surface area contributed by atoms with E-state index in [4.69, 9.17) is 9.15 Å². The van der Waals surface area contributed by atoms with Crippen molar-refractivity contribution in [1.29, 1.82) is 0 Å².